The molecule has 0 unspecified atom stereocenters. The Balaban J connectivity index is 1.97. The van der Waals surface area contributed by atoms with Crippen LogP contribution in [0.5, 0.6) is 0 Å². The monoisotopic (exact) mass is 435 g/mol. The normalized spacial score (nSPS) is 16.8. The summed E-state index contributed by atoms with van der Waals surface area (Å²) in [5, 5.41) is 26.4. The summed E-state index contributed by atoms with van der Waals surface area (Å²) in [5.74, 6) is 0.162. The van der Waals surface area contributed by atoms with Crippen LogP contribution in [0, 0.1) is 22.5 Å². The van der Waals surface area contributed by atoms with Gasteiger partial charge in [0.1, 0.15) is 5.76 Å². The Hall–Kier alpha value is -2.68. The van der Waals surface area contributed by atoms with Crippen molar-refractivity contribution in [1.82, 2.24) is 0 Å². The van der Waals surface area contributed by atoms with Gasteiger partial charge in [0.25, 0.3) is 11.6 Å². The molecule has 142 valence electrons. The Bertz CT molecular complexity index is 978. The van der Waals surface area contributed by atoms with Gasteiger partial charge in [-0.05, 0) is 40.8 Å². The molecule has 1 aromatic heterocycles. The summed E-state index contributed by atoms with van der Waals surface area (Å²) in [6.07, 6.45) is 1.17. The number of anilines is 1. The largest absolute Gasteiger partial charge is 0.455 e. The van der Waals surface area contributed by atoms with Gasteiger partial charge >= 0.3 is 0 Å². The molecule has 1 aromatic carbocycles. The number of nitrogens with zero attached hydrogens (tertiary/aromatic N) is 2. The second-order valence-electron chi connectivity index (χ2n) is 7.29. The maximum Gasteiger partial charge on any atom is 0.291 e. The molecule has 0 radical (unpaired) electrons. The van der Waals surface area contributed by atoms with Crippen molar-refractivity contribution in [3.8, 4) is 0 Å². The van der Waals surface area contributed by atoms with Crippen LogP contribution in [0.4, 0.5) is 11.4 Å². The van der Waals surface area contributed by atoms with Crippen LogP contribution in [-0.2, 0) is 6.42 Å². The highest BCUT2D eigenvalue weighted by Gasteiger charge is 2.36. The predicted molar refractivity (Wildman–Crippen MR) is 103 cm³/mol. The molecule has 0 spiro atoms. The van der Waals surface area contributed by atoms with Crippen molar-refractivity contribution in [2.24, 2.45) is 10.6 Å². The van der Waals surface area contributed by atoms with Gasteiger partial charge in [-0.25, -0.2) is 0 Å². The van der Waals surface area contributed by atoms with Crippen LogP contribution in [-0.4, -0.2) is 21.7 Å². The number of fused-ring (bicyclic) bond motifs is 1. The Morgan fingerprint density at radius 3 is 2.74 bits per heavy atom. The Morgan fingerprint density at radius 1 is 1.41 bits per heavy atom. The molecular weight excluding hydrogens is 418 g/mol. The van der Waals surface area contributed by atoms with Crippen LogP contribution in [0.1, 0.15) is 47.7 Å². The molecule has 9 heteroatoms. The molecule has 0 atom stereocenters. The molecule has 27 heavy (non-hydrogen) atoms. The Kier molecular flexibility index (Phi) is 4.81. The van der Waals surface area contributed by atoms with Gasteiger partial charge in [-0.1, -0.05) is 19.0 Å². The number of benzene rings is 1. The molecule has 2 aromatic rings. The van der Waals surface area contributed by atoms with E-state index in [0.29, 0.717) is 39.9 Å². The van der Waals surface area contributed by atoms with Crippen molar-refractivity contribution in [1.29, 1.82) is 0 Å². The lowest BCUT2D eigenvalue weighted by Gasteiger charge is -2.28. The molecule has 1 amide bonds. The average Bonchev–Trinajstić information content (AvgIpc) is 2.91. The van der Waals surface area contributed by atoms with E-state index in [0.717, 1.165) is 0 Å². The van der Waals surface area contributed by atoms with E-state index in [1.807, 2.05) is 13.8 Å². The van der Waals surface area contributed by atoms with Crippen molar-refractivity contribution >= 4 is 38.9 Å². The zero-order chi connectivity index (χ0) is 19.9. The number of hydrogen-bond acceptors (Lipinski definition) is 6. The zero-order valence-electron chi connectivity index (χ0n) is 15.0. The first-order valence-electron chi connectivity index (χ1n) is 8.22. The molecule has 0 bridgehead atoms. The van der Waals surface area contributed by atoms with Gasteiger partial charge in [0, 0.05) is 34.2 Å². The van der Waals surface area contributed by atoms with E-state index in [1.165, 1.54) is 18.2 Å². The zero-order valence-corrected chi connectivity index (χ0v) is 16.6. The SMILES string of the molecule is Cc1c(C(=O)Nc2cc([N+](=O)[O-])ccc2Br)oc2c1/C(=N\O)CC(C)(C)C2. The maximum atomic E-state index is 12.7. The lowest BCUT2D eigenvalue weighted by atomic mass is 9.75. The van der Waals surface area contributed by atoms with Crippen LogP contribution < -0.4 is 5.32 Å². The highest BCUT2D eigenvalue weighted by molar-refractivity contribution is 9.10. The highest BCUT2D eigenvalue weighted by atomic mass is 79.9. The fourth-order valence-corrected chi connectivity index (χ4v) is 3.66. The predicted octanol–water partition coefficient (Wildman–Crippen LogP) is 4.66. The fraction of sp³-hybridized carbons (Fsp3) is 0.333. The van der Waals surface area contributed by atoms with E-state index in [1.54, 1.807) is 6.92 Å². The smallest absolute Gasteiger partial charge is 0.291 e. The molecular formula is C18H18BrN3O5. The summed E-state index contributed by atoms with van der Waals surface area (Å²) >= 11 is 3.27. The molecule has 0 fully saturated rings. The number of rotatable bonds is 3. The molecule has 3 rings (SSSR count). The third kappa shape index (κ3) is 3.59. The van der Waals surface area contributed by atoms with Crippen LogP contribution in [0.2, 0.25) is 0 Å². The first kappa shape index (κ1) is 19.1. The molecule has 0 saturated heterocycles. The van der Waals surface area contributed by atoms with E-state index < -0.39 is 10.8 Å². The number of carbonyl (C=O) groups is 1. The molecule has 0 saturated carbocycles. The van der Waals surface area contributed by atoms with E-state index in [2.05, 4.69) is 26.4 Å². The summed E-state index contributed by atoms with van der Waals surface area (Å²) in [4.78, 5) is 23.2. The fourth-order valence-electron chi connectivity index (χ4n) is 3.32. The second kappa shape index (κ2) is 6.80. The van der Waals surface area contributed by atoms with Crippen molar-refractivity contribution in [3.63, 3.8) is 0 Å². The minimum Gasteiger partial charge on any atom is -0.455 e. The van der Waals surface area contributed by atoms with Crippen molar-refractivity contribution in [2.75, 3.05) is 5.32 Å². The van der Waals surface area contributed by atoms with E-state index >= 15 is 0 Å². The van der Waals surface area contributed by atoms with Gasteiger partial charge in [-0.2, -0.15) is 0 Å². The third-order valence-electron chi connectivity index (χ3n) is 4.53. The van der Waals surface area contributed by atoms with Crippen molar-refractivity contribution in [2.45, 2.75) is 33.6 Å². The van der Waals surface area contributed by atoms with Crippen molar-refractivity contribution in [3.05, 3.63) is 55.4 Å². The molecule has 1 aliphatic carbocycles. The lowest BCUT2D eigenvalue weighted by molar-refractivity contribution is -0.384. The standard InChI is InChI=1S/C18H18BrN3O5/c1-9-15-13(21-24)7-18(2,3)8-14(15)27-16(9)17(23)20-12-6-10(22(25)26)4-5-11(12)19/h4-6,24H,7-8H2,1-3H3,(H,20,23)/b21-13-. The van der Waals surface area contributed by atoms with E-state index in [9.17, 15) is 20.1 Å². The number of nitrogens with one attached hydrogen (secondary N) is 1. The number of nitro benzene ring substituents is 1. The minimum atomic E-state index is -0.537. The van der Waals surface area contributed by atoms with Crippen LogP contribution in [0.25, 0.3) is 0 Å². The molecule has 0 aliphatic heterocycles. The number of furan rings is 1. The van der Waals surface area contributed by atoms with Crippen LogP contribution in [0.3, 0.4) is 0 Å². The molecule has 1 heterocycles. The number of hydrogen-bond donors (Lipinski definition) is 2. The lowest BCUT2D eigenvalue weighted by Crippen LogP contribution is -2.27. The van der Waals surface area contributed by atoms with Gasteiger partial charge in [-0.15, -0.1) is 0 Å². The summed E-state index contributed by atoms with van der Waals surface area (Å²) in [7, 11) is 0. The summed E-state index contributed by atoms with van der Waals surface area (Å²) < 4.78 is 6.31. The number of non-ortho nitro benzene ring substituents is 1. The van der Waals surface area contributed by atoms with Gasteiger partial charge < -0.3 is 14.9 Å². The Morgan fingerprint density at radius 2 is 2.11 bits per heavy atom. The number of oxime groups is 1. The van der Waals surface area contributed by atoms with Gasteiger partial charge in [0.05, 0.1) is 16.3 Å². The van der Waals surface area contributed by atoms with Gasteiger partial charge in [0.2, 0.25) is 0 Å². The number of halogens is 1. The second-order valence-corrected chi connectivity index (χ2v) is 8.15. The highest BCUT2D eigenvalue weighted by Crippen LogP contribution is 2.39. The molecule has 1 aliphatic rings. The van der Waals surface area contributed by atoms with Crippen molar-refractivity contribution < 1.29 is 19.3 Å². The third-order valence-corrected chi connectivity index (χ3v) is 5.22. The first-order chi connectivity index (χ1) is 12.6. The maximum absolute atomic E-state index is 12.7. The first-order valence-corrected chi connectivity index (χ1v) is 9.01. The van der Waals surface area contributed by atoms with Gasteiger partial charge in [-0.3, -0.25) is 14.9 Å². The topological polar surface area (TPSA) is 118 Å². The quantitative estimate of drug-likeness (QED) is 0.412. The van der Waals surface area contributed by atoms with Gasteiger partial charge in [0.15, 0.2) is 5.76 Å². The molecule has 8 nitrogen and oxygen atoms in total. The average molecular weight is 436 g/mol. The summed E-state index contributed by atoms with van der Waals surface area (Å²) in [5.41, 5.74) is 1.68. The number of amides is 1. The number of carbonyl (C=O) groups excluding carboxylic acids is 1. The Labute approximate surface area is 163 Å². The summed E-state index contributed by atoms with van der Waals surface area (Å²) in [6.45, 7) is 5.78. The van der Waals surface area contributed by atoms with E-state index in [-0.39, 0.29) is 22.6 Å². The summed E-state index contributed by atoms with van der Waals surface area (Å²) in [6, 6.07) is 4.10. The van der Waals surface area contributed by atoms with E-state index in [4.69, 9.17) is 4.42 Å². The molecule has 2 N–H and O–H groups in total. The van der Waals surface area contributed by atoms with Crippen LogP contribution >= 0.6 is 15.9 Å². The number of nitro groups is 1. The minimum absolute atomic E-state index is 0.0947. The van der Waals surface area contributed by atoms with Crippen LogP contribution in [0.15, 0.2) is 32.2 Å².